The molecule has 3 nitrogen and oxygen atoms in total. The minimum atomic E-state index is 0. The molecule has 0 bridgehead atoms. The van der Waals surface area contributed by atoms with E-state index in [-0.39, 0.29) is 24.8 Å². The fraction of sp³-hybridized carbons (Fsp3) is 0.467. The van der Waals surface area contributed by atoms with E-state index in [2.05, 4.69) is 46.4 Å². The van der Waals surface area contributed by atoms with Crippen LogP contribution in [-0.4, -0.2) is 36.1 Å². The summed E-state index contributed by atoms with van der Waals surface area (Å²) in [6.45, 7) is 6.82. The third-order valence-electron chi connectivity index (χ3n) is 3.94. The number of nitrogens with zero attached hydrogens (tertiary/aromatic N) is 1. The molecule has 1 fully saturated rings. The summed E-state index contributed by atoms with van der Waals surface area (Å²) in [6.07, 6.45) is 3.19. The van der Waals surface area contributed by atoms with Crippen molar-refractivity contribution in [3.63, 3.8) is 0 Å². The molecule has 0 amide bonds. The Morgan fingerprint density at radius 3 is 2.60 bits per heavy atom. The molecule has 1 aliphatic heterocycles. The summed E-state index contributed by atoms with van der Waals surface area (Å²) >= 11 is 0. The van der Waals surface area contributed by atoms with Gasteiger partial charge in [-0.1, -0.05) is 19.1 Å². The summed E-state index contributed by atoms with van der Waals surface area (Å²) in [4.78, 5) is 5.91. The van der Waals surface area contributed by atoms with Gasteiger partial charge >= 0.3 is 0 Å². The number of hydrogen-bond acceptors (Lipinski definition) is 2. The highest BCUT2D eigenvalue weighted by atomic mass is 35.5. The van der Waals surface area contributed by atoms with E-state index in [1.807, 2.05) is 6.20 Å². The topological polar surface area (TPSA) is 31.1 Å². The van der Waals surface area contributed by atoms with Gasteiger partial charge in [-0.3, -0.25) is 4.90 Å². The van der Waals surface area contributed by atoms with Crippen molar-refractivity contribution in [1.29, 1.82) is 0 Å². The van der Waals surface area contributed by atoms with Gasteiger partial charge in [0.2, 0.25) is 0 Å². The molecule has 3 rings (SSSR count). The van der Waals surface area contributed by atoms with E-state index in [9.17, 15) is 0 Å². The Hall–Kier alpha value is -0.740. The molecule has 0 aliphatic carbocycles. The molecule has 20 heavy (non-hydrogen) atoms. The van der Waals surface area contributed by atoms with Crippen molar-refractivity contribution < 1.29 is 0 Å². The van der Waals surface area contributed by atoms with Gasteiger partial charge in [-0.15, -0.1) is 24.8 Å². The first kappa shape index (κ1) is 17.3. The predicted octanol–water partition coefficient (Wildman–Crippen LogP) is 3.37. The van der Waals surface area contributed by atoms with Gasteiger partial charge in [0.1, 0.15) is 0 Å². The van der Waals surface area contributed by atoms with E-state index in [0.29, 0.717) is 6.04 Å². The Bertz CT molecular complexity index is 521. The van der Waals surface area contributed by atoms with Crippen molar-refractivity contribution in [2.75, 3.05) is 26.2 Å². The average Bonchev–Trinajstić information content (AvgIpc) is 2.88. The molecular weight excluding hydrogens is 293 g/mol. The summed E-state index contributed by atoms with van der Waals surface area (Å²) in [5, 5.41) is 4.72. The van der Waals surface area contributed by atoms with Crippen molar-refractivity contribution in [2.24, 2.45) is 0 Å². The number of halogens is 2. The molecule has 1 aromatic carbocycles. The van der Waals surface area contributed by atoms with E-state index in [1.165, 1.54) is 22.9 Å². The SMILES string of the molecule is CC[C@@H](c1ccc2cc[nH]c2c1)N1CCNCC1.Cl.Cl. The molecule has 1 atom stereocenters. The highest BCUT2D eigenvalue weighted by Gasteiger charge is 2.20. The predicted molar refractivity (Wildman–Crippen MR) is 90.3 cm³/mol. The maximum atomic E-state index is 3.42. The number of rotatable bonds is 3. The summed E-state index contributed by atoms with van der Waals surface area (Å²) in [7, 11) is 0. The normalized spacial score (nSPS) is 17.2. The van der Waals surface area contributed by atoms with E-state index in [0.717, 1.165) is 26.2 Å². The molecule has 2 N–H and O–H groups in total. The number of piperazine rings is 1. The summed E-state index contributed by atoms with van der Waals surface area (Å²) < 4.78 is 0. The van der Waals surface area contributed by atoms with Crippen LogP contribution in [0.25, 0.3) is 10.9 Å². The monoisotopic (exact) mass is 315 g/mol. The average molecular weight is 316 g/mol. The van der Waals surface area contributed by atoms with Gasteiger partial charge in [0.15, 0.2) is 0 Å². The summed E-state index contributed by atoms with van der Waals surface area (Å²) in [5.41, 5.74) is 2.69. The fourth-order valence-corrected chi connectivity index (χ4v) is 2.97. The van der Waals surface area contributed by atoms with Gasteiger partial charge in [0.05, 0.1) is 0 Å². The number of aromatic nitrogens is 1. The third kappa shape index (κ3) is 3.47. The zero-order chi connectivity index (χ0) is 12.4. The lowest BCUT2D eigenvalue weighted by Gasteiger charge is -2.34. The van der Waals surface area contributed by atoms with Crippen molar-refractivity contribution in [3.8, 4) is 0 Å². The van der Waals surface area contributed by atoms with Crippen LogP contribution in [0.5, 0.6) is 0 Å². The molecule has 0 saturated carbocycles. The smallest absolute Gasteiger partial charge is 0.0457 e. The number of aromatic amines is 1. The van der Waals surface area contributed by atoms with Crippen LogP contribution in [0.2, 0.25) is 0 Å². The lowest BCUT2D eigenvalue weighted by molar-refractivity contribution is 0.169. The molecule has 0 spiro atoms. The number of hydrogen-bond donors (Lipinski definition) is 2. The third-order valence-corrected chi connectivity index (χ3v) is 3.94. The second-order valence-corrected chi connectivity index (χ2v) is 5.03. The summed E-state index contributed by atoms with van der Waals surface area (Å²) in [6, 6.07) is 9.51. The van der Waals surface area contributed by atoms with E-state index >= 15 is 0 Å². The molecule has 2 heterocycles. The van der Waals surface area contributed by atoms with E-state index in [1.54, 1.807) is 0 Å². The Kier molecular flexibility index (Phi) is 6.83. The standard InChI is InChI=1S/C15H21N3.2ClH/c1-2-15(18-9-7-16-8-10-18)13-4-3-12-5-6-17-14(12)11-13;;/h3-6,11,15-17H,2,7-10H2,1H3;2*1H/t15-;;/m0../s1. The zero-order valence-corrected chi connectivity index (χ0v) is 13.4. The van der Waals surface area contributed by atoms with Crippen LogP contribution in [0.1, 0.15) is 24.9 Å². The van der Waals surface area contributed by atoms with Crippen LogP contribution < -0.4 is 5.32 Å². The molecule has 2 aromatic rings. The van der Waals surface area contributed by atoms with Crippen LogP contribution in [0.15, 0.2) is 30.5 Å². The Balaban J connectivity index is 0.000001000. The van der Waals surface area contributed by atoms with Gasteiger partial charge < -0.3 is 10.3 Å². The lowest BCUT2D eigenvalue weighted by atomic mass is 10.0. The van der Waals surface area contributed by atoms with Gasteiger partial charge in [-0.05, 0) is 29.5 Å². The largest absolute Gasteiger partial charge is 0.361 e. The van der Waals surface area contributed by atoms with Crippen molar-refractivity contribution in [3.05, 3.63) is 36.0 Å². The van der Waals surface area contributed by atoms with E-state index in [4.69, 9.17) is 0 Å². The van der Waals surface area contributed by atoms with Gasteiger partial charge in [-0.2, -0.15) is 0 Å². The molecule has 1 aromatic heterocycles. The van der Waals surface area contributed by atoms with Crippen molar-refractivity contribution >= 4 is 35.7 Å². The summed E-state index contributed by atoms with van der Waals surface area (Å²) in [5.74, 6) is 0. The molecule has 1 aliphatic rings. The molecule has 112 valence electrons. The molecule has 5 heteroatoms. The second kappa shape index (κ2) is 7.89. The Morgan fingerprint density at radius 2 is 1.90 bits per heavy atom. The maximum absolute atomic E-state index is 3.42. The second-order valence-electron chi connectivity index (χ2n) is 5.03. The highest BCUT2D eigenvalue weighted by molar-refractivity contribution is 5.85. The van der Waals surface area contributed by atoms with Gasteiger partial charge in [0, 0.05) is 43.9 Å². The number of fused-ring (bicyclic) bond motifs is 1. The molecule has 1 saturated heterocycles. The number of H-pyrrole nitrogens is 1. The van der Waals surface area contributed by atoms with Crippen molar-refractivity contribution in [1.82, 2.24) is 15.2 Å². The first-order valence-electron chi connectivity index (χ1n) is 6.90. The van der Waals surface area contributed by atoms with Crippen LogP contribution in [0.4, 0.5) is 0 Å². The molecular formula is C15H23Cl2N3. The Morgan fingerprint density at radius 1 is 1.15 bits per heavy atom. The highest BCUT2D eigenvalue weighted by Crippen LogP contribution is 2.27. The lowest BCUT2D eigenvalue weighted by Crippen LogP contribution is -2.45. The van der Waals surface area contributed by atoms with Crippen molar-refractivity contribution in [2.45, 2.75) is 19.4 Å². The Labute approximate surface area is 132 Å². The first-order valence-corrected chi connectivity index (χ1v) is 6.90. The van der Waals surface area contributed by atoms with Crippen LogP contribution in [0, 0.1) is 0 Å². The number of benzene rings is 1. The zero-order valence-electron chi connectivity index (χ0n) is 11.8. The van der Waals surface area contributed by atoms with Gasteiger partial charge in [-0.25, -0.2) is 0 Å². The fourth-order valence-electron chi connectivity index (χ4n) is 2.97. The number of nitrogens with one attached hydrogen (secondary N) is 2. The molecule has 0 unspecified atom stereocenters. The first-order chi connectivity index (χ1) is 8.88. The van der Waals surface area contributed by atoms with Gasteiger partial charge in [0.25, 0.3) is 0 Å². The minimum Gasteiger partial charge on any atom is -0.361 e. The minimum absolute atomic E-state index is 0. The van der Waals surface area contributed by atoms with E-state index < -0.39 is 0 Å². The van der Waals surface area contributed by atoms with Crippen LogP contribution in [0.3, 0.4) is 0 Å². The van der Waals surface area contributed by atoms with Crippen LogP contribution in [-0.2, 0) is 0 Å². The maximum Gasteiger partial charge on any atom is 0.0457 e. The quantitative estimate of drug-likeness (QED) is 0.910. The molecule has 0 radical (unpaired) electrons. The van der Waals surface area contributed by atoms with Crippen LogP contribution >= 0.6 is 24.8 Å².